The second-order valence-electron chi connectivity index (χ2n) is 7.49. The molecule has 4 nitrogen and oxygen atoms in total. The van der Waals surface area contributed by atoms with Crippen LogP contribution in [-0.2, 0) is 21.2 Å². The van der Waals surface area contributed by atoms with Crippen molar-refractivity contribution in [2.45, 2.75) is 39.3 Å². The van der Waals surface area contributed by atoms with Crippen molar-refractivity contribution < 1.29 is 22.8 Å². The van der Waals surface area contributed by atoms with Gasteiger partial charge >= 0.3 is 6.18 Å². The van der Waals surface area contributed by atoms with Crippen molar-refractivity contribution in [3.05, 3.63) is 59.7 Å². The number of halogens is 3. The maximum atomic E-state index is 12.7. The molecule has 0 unspecified atom stereocenters. The molecule has 150 valence electrons. The Hall–Kier alpha value is -2.83. The zero-order valence-corrected chi connectivity index (χ0v) is 16.2. The summed E-state index contributed by atoms with van der Waals surface area (Å²) in [5.74, 6) is -0.884. The van der Waals surface area contributed by atoms with Gasteiger partial charge in [-0.15, -0.1) is 0 Å². The SMILES string of the molecule is CC(=O)N(CC(=O)Nc1ccccc1C(C)(C)C)c1ccc(C(F)(F)F)cc1. The summed E-state index contributed by atoms with van der Waals surface area (Å²) < 4.78 is 38.2. The van der Waals surface area contributed by atoms with E-state index < -0.39 is 23.6 Å². The van der Waals surface area contributed by atoms with Crippen LogP contribution in [0.3, 0.4) is 0 Å². The van der Waals surface area contributed by atoms with Gasteiger partial charge in [0.05, 0.1) is 5.56 Å². The number of hydrogen-bond donors (Lipinski definition) is 1. The van der Waals surface area contributed by atoms with E-state index >= 15 is 0 Å². The fourth-order valence-electron chi connectivity index (χ4n) is 2.79. The van der Waals surface area contributed by atoms with Crippen molar-refractivity contribution in [2.75, 3.05) is 16.8 Å². The predicted molar refractivity (Wildman–Crippen MR) is 103 cm³/mol. The summed E-state index contributed by atoms with van der Waals surface area (Å²) in [6.45, 7) is 7.00. The van der Waals surface area contributed by atoms with Gasteiger partial charge in [-0.3, -0.25) is 9.59 Å². The minimum Gasteiger partial charge on any atom is -0.324 e. The summed E-state index contributed by atoms with van der Waals surface area (Å²) in [6.07, 6.45) is -4.46. The first-order valence-corrected chi connectivity index (χ1v) is 8.74. The largest absolute Gasteiger partial charge is 0.416 e. The van der Waals surface area contributed by atoms with Crippen molar-refractivity contribution in [1.29, 1.82) is 0 Å². The van der Waals surface area contributed by atoms with Crippen molar-refractivity contribution in [2.24, 2.45) is 0 Å². The standard InChI is InChI=1S/C21H23F3N2O2/c1-14(27)26(16-11-9-15(10-12-16)21(22,23)24)13-19(28)25-18-8-6-5-7-17(18)20(2,3)4/h5-12H,13H2,1-4H3,(H,25,28). The van der Waals surface area contributed by atoms with Gasteiger partial charge < -0.3 is 10.2 Å². The molecule has 2 aromatic carbocycles. The molecule has 0 saturated carbocycles. The molecule has 1 N–H and O–H groups in total. The predicted octanol–water partition coefficient (Wildman–Crippen LogP) is 4.99. The molecule has 0 saturated heterocycles. The third-order valence-electron chi connectivity index (χ3n) is 4.20. The van der Waals surface area contributed by atoms with E-state index in [2.05, 4.69) is 5.32 Å². The molecule has 0 spiro atoms. The molecule has 2 amide bonds. The van der Waals surface area contributed by atoms with Gasteiger partial charge in [-0.05, 0) is 41.3 Å². The quantitative estimate of drug-likeness (QED) is 0.797. The van der Waals surface area contributed by atoms with Gasteiger partial charge in [0.2, 0.25) is 11.8 Å². The van der Waals surface area contributed by atoms with Gasteiger partial charge in [-0.25, -0.2) is 0 Å². The molecular weight excluding hydrogens is 369 g/mol. The highest BCUT2D eigenvalue weighted by molar-refractivity contribution is 6.02. The molecule has 0 fully saturated rings. The van der Waals surface area contributed by atoms with E-state index in [1.165, 1.54) is 19.1 Å². The molecule has 0 aliphatic heterocycles. The molecule has 0 atom stereocenters. The van der Waals surface area contributed by atoms with E-state index in [9.17, 15) is 22.8 Å². The van der Waals surface area contributed by atoms with Gasteiger partial charge in [0.15, 0.2) is 0 Å². The van der Waals surface area contributed by atoms with Crippen LogP contribution in [0.5, 0.6) is 0 Å². The van der Waals surface area contributed by atoms with Crippen molar-refractivity contribution in [1.82, 2.24) is 0 Å². The normalized spacial score (nSPS) is 11.8. The summed E-state index contributed by atoms with van der Waals surface area (Å²) >= 11 is 0. The maximum absolute atomic E-state index is 12.7. The van der Waals surface area contributed by atoms with E-state index in [0.29, 0.717) is 5.69 Å². The molecule has 0 aliphatic carbocycles. The van der Waals surface area contributed by atoms with Crippen LogP contribution in [0.2, 0.25) is 0 Å². The van der Waals surface area contributed by atoms with Crippen LogP contribution in [0, 0.1) is 0 Å². The first kappa shape index (κ1) is 21.5. The zero-order valence-electron chi connectivity index (χ0n) is 16.2. The van der Waals surface area contributed by atoms with Crippen LogP contribution >= 0.6 is 0 Å². The van der Waals surface area contributed by atoms with E-state index in [-0.39, 0.29) is 17.6 Å². The third-order valence-corrected chi connectivity index (χ3v) is 4.20. The van der Waals surface area contributed by atoms with Gasteiger partial charge in [0.1, 0.15) is 6.54 Å². The van der Waals surface area contributed by atoms with E-state index in [0.717, 1.165) is 22.6 Å². The smallest absolute Gasteiger partial charge is 0.324 e. The minimum absolute atomic E-state index is 0.197. The first-order valence-electron chi connectivity index (χ1n) is 8.74. The lowest BCUT2D eigenvalue weighted by molar-refractivity contribution is -0.137. The van der Waals surface area contributed by atoms with Gasteiger partial charge in [-0.1, -0.05) is 39.0 Å². The minimum atomic E-state index is -4.46. The summed E-state index contributed by atoms with van der Waals surface area (Å²) in [5, 5.41) is 2.79. The first-order chi connectivity index (χ1) is 12.9. The number of para-hydroxylation sites is 1. The highest BCUT2D eigenvalue weighted by atomic mass is 19.4. The van der Waals surface area contributed by atoms with Crippen LogP contribution in [0.15, 0.2) is 48.5 Å². The molecule has 0 heterocycles. The number of amides is 2. The van der Waals surface area contributed by atoms with Crippen LogP contribution in [0.4, 0.5) is 24.5 Å². The van der Waals surface area contributed by atoms with E-state index in [1.807, 2.05) is 32.9 Å². The van der Waals surface area contributed by atoms with Crippen molar-refractivity contribution >= 4 is 23.2 Å². The Bertz CT molecular complexity index is 853. The van der Waals surface area contributed by atoms with Crippen LogP contribution in [0.25, 0.3) is 0 Å². The van der Waals surface area contributed by atoms with Gasteiger partial charge in [0.25, 0.3) is 0 Å². The molecule has 2 rings (SSSR count). The van der Waals surface area contributed by atoms with Crippen LogP contribution < -0.4 is 10.2 Å². The van der Waals surface area contributed by atoms with E-state index in [4.69, 9.17) is 0 Å². The summed E-state index contributed by atoms with van der Waals surface area (Å²) in [7, 11) is 0. The number of benzene rings is 2. The Kier molecular flexibility index (Phi) is 6.17. The van der Waals surface area contributed by atoms with Crippen LogP contribution in [0.1, 0.15) is 38.8 Å². The lowest BCUT2D eigenvalue weighted by Crippen LogP contribution is -2.37. The zero-order chi connectivity index (χ0) is 21.1. The lowest BCUT2D eigenvalue weighted by Gasteiger charge is -2.25. The monoisotopic (exact) mass is 392 g/mol. The molecule has 0 aliphatic rings. The third kappa shape index (κ3) is 5.34. The second kappa shape index (κ2) is 8.04. The Labute approximate surface area is 162 Å². The number of anilines is 2. The lowest BCUT2D eigenvalue weighted by atomic mass is 9.86. The molecule has 2 aromatic rings. The highest BCUT2D eigenvalue weighted by Gasteiger charge is 2.30. The fourth-order valence-corrected chi connectivity index (χ4v) is 2.79. The number of carbonyl (C=O) groups is 2. The average Bonchev–Trinajstić information content (AvgIpc) is 2.58. The number of nitrogens with zero attached hydrogens (tertiary/aromatic N) is 1. The Morgan fingerprint density at radius 1 is 0.964 bits per heavy atom. The molecule has 0 aromatic heterocycles. The number of alkyl halides is 3. The maximum Gasteiger partial charge on any atom is 0.416 e. The topological polar surface area (TPSA) is 49.4 Å². The number of rotatable bonds is 4. The summed E-state index contributed by atoms with van der Waals surface area (Å²) in [4.78, 5) is 25.6. The van der Waals surface area contributed by atoms with Gasteiger partial charge in [0, 0.05) is 18.3 Å². The number of hydrogen-bond acceptors (Lipinski definition) is 2. The van der Waals surface area contributed by atoms with E-state index in [1.54, 1.807) is 12.1 Å². The van der Waals surface area contributed by atoms with Crippen molar-refractivity contribution in [3.8, 4) is 0 Å². The molecule has 0 bridgehead atoms. The highest BCUT2D eigenvalue weighted by Crippen LogP contribution is 2.31. The molecule has 28 heavy (non-hydrogen) atoms. The average molecular weight is 392 g/mol. The van der Waals surface area contributed by atoms with Gasteiger partial charge in [-0.2, -0.15) is 13.2 Å². The second-order valence-corrected chi connectivity index (χ2v) is 7.49. The Morgan fingerprint density at radius 2 is 1.54 bits per heavy atom. The Balaban J connectivity index is 2.20. The summed E-state index contributed by atoms with van der Waals surface area (Å²) in [5.41, 5.74) is 0.781. The molecule has 0 radical (unpaired) electrons. The number of carbonyl (C=O) groups excluding carboxylic acids is 2. The van der Waals surface area contributed by atoms with Crippen LogP contribution in [-0.4, -0.2) is 18.4 Å². The Morgan fingerprint density at radius 3 is 2.04 bits per heavy atom. The molecular formula is C21H23F3N2O2. The molecule has 7 heteroatoms. The fraction of sp³-hybridized carbons (Fsp3) is 0.333. The number of nitrogens with one attached hydrogen (secondary N) is 1. The van der Waals surface area contributed by atoms with Crippen molar-refractivity contribution in [3.63, 3.8) is 0 Å². The summed E-state index contributed by atoms with van der Waals surface area (Å²) in [6, 6.07) is 11.5.